The SMILES string of the molecule is Cc1cc(C(=O)N2CCCC(CCC(=O)O)C2)cc(C)c1OCc1cccnc1. The number of aryl methyl sites for hydroxylation is 2. The fraction of sp³-hybridized carbons (Fsp3) is 0.435. The van der Waals surface area contributed by atoms with Crippen LogP contribution in [0, 0.1) is 19.8 Å². The minimum atomic E-state index is -0.776. The number of nitrogens with zero attached hydrogens (tertiary/aromatic N) is 2. The second kappa shape index (κ2) is 9.54. The van der Waals surface area contributed by atoms with Gasteiger partial charge in [0.2, 0.25) is 0 Å². The Kier molecular flexibility index (Phi) is 6.86. The van der Waals surface area contributed by atoms with Crippen molar-refractivity contribution < 1.29 is 19.4 Å². The normalized spacial score (nSPS) is 16.5. The van der Waals surface area contributed by atoms with Gasteiger partial charge in [0, 0.05) is 43.0 Å². The van der Waals surface area contributed by atoms with Gasteiger partial charge in [-0.1, -0.05) is 6.07 Å². The molecule has 1 saturated heterocycles. The molecule has 0 saturated carbocycles. The number of aliphatic carboxylic acids is 1. The molecule has 3 rings (SSSR count). The molecule has 0 spiro atoms. The first-order valence-corrected chi connectivity index (χ1v) is 10.1. The predicted molar refractivity (Wildman–Crippen MR) is 110 cm³/mol. The van der Waals surface area contributed by atoms with Gasteiger partial charge < -0.3 is 14.7 Å². The fourth-order valence-electron chi connectivity index (χ4n) is 3.94. The van der Waals surface area contributed by atoms with Gasteiger partial charge in [-0.05, 0) is 68.4 Å². The van der Waals surface area contributed by atoms with E-state index in [1.54, 1.807) is 12.4 Å². The van der Waals surface area contributed by atoms with Crippen LogP contribution in [0.5, 0.6) is 5.75 Å². The largest absolute Gasteiger partial charge is 0.488 e. The van der Waals surface area contributed by atoms with Gasteiger partial charge in [-0.3, -0.25) is 14.6 Å². The number of ether oxygens (including phenoxy) is 1. The summed E-state index contributed by atoms with van der Waals surface area (Å²) in [5.74, 6) is 0.285. The number of carbonyl (C=O) groups excluding carboxylic acids is 1. The molecule has 1 amide bonds. The van der Waals surface area contributed by atoms with Crippen molar-refractivity contribution in [3.05, 3.63) is 58.9 Å². The minimum absolute atomic E-state index is 0.00929. The number of carboxylic acids is 1. The van der Waals surface area contributed by atoms with E-state index in [1.807, 2.05) is 43.0 Å². The van der Waals surface area contributed by atoms with Gasteiger partial charge in [-0.25, -0.2) is 0 Å². The van der Waals surface area contributed by atoms with Crippen LogP contribution in [-0.2, 0) is 11.4 Å². The molecule has 29 heavy (non-hydrogen) atoms. The molecule has 1 fully saturated rings. The average molecular weight is 396 g/mol. The van der Waals surface area contributed by atoms with E-state index < -0.39 is 5.97 Å². The third-order valence-corrected chi connectivity index (χ3v) is 5.39. The van der Waals surface area contributed by atoms with Crippen molar-refractivity contribution >= 4 is 11.9 Å². The summed E-state index contributed by atoms with van der Waals surface area (Å²) >= 11 is 0. The topological polar surface area (TPSA) is 79.7 Å². The summed E-state index contributed by atoms with van der Waals surface area (Å²) in [5, 5.41) is 8.90. The van der Waals surface area contributed by atoms with Crippen LogP contribution in [0.4, 0.5) is 0 Å². The van der Waals surface area contributed by atoms with Crippen molar-refractivity contribution in [2.75, 3.05) is 13.1 Å². The van der Waals surface area contributed by atoms with Crippen molar-refractivity contribution in [1.82, 2.24) is 9.88 Å². The Morgan fingerprint density at radius 2 is 2.03 bits per heavy atom. The molecular formula is C23H28N2O4. The van der Waals surface area contributed by atoms with Gasteiger partial charge in [0.1, 0.15) is 12.4 Å². The van der Waals surface area contributed by atoms with Crippen molar-refractivity contribution in [1.29, 1.82) is 0 Å². The van der Waals surface area contributed by atoms with Gasteiger partial charge in [0.25, 0.3) is 5.91 Å². The number of pyridine rings is 1. The van der Waals surface area contributed by atoms with Crippen molar-refractivity contribution in [3.8, 4) is 5.75 Å². The second-order valence-corrected chi connectivity index (χ2v) is 7.78. The molecule has 1 aromatic heterocycles. The Morgan fingerprint density at radius 3 is 2.69 bits per heavy atom. The van der Waals surface area contributed by atoms with E-state index in [0.717, 1.165) is 41.8 Å². The van der Waals surface area contributed by atoms with Gasteiger partial charge in [0.05, 0.1) is 0 Å². The van der Waals surface area contributed by atoms with Crippen LogP contribution in [0.15, 0.2) is 36.7 Å². The van der Waals surface area contributed by atoms with Gasteiger partial charge in [-0.15, -0.1) is 0 Å². The number of hydrogen-bond donors (Lipinski definition) is 1. The Bertz CT molecular complexity index is 843. The molecule has 1 atom stereocenters. The highest BCUT2D eigenvalue weighted by Gasteiger charge is 2.25. The first-order valence-electron chi connectivity index (χ1n) is 10.1. The van der Waals surface area contributed by atoms with Crippen LogP contribution in [0.2, 0.25) is 0 Å². The number of benzene rings is 1. The summed E-state index contributed by atoms with van der Waals surface area (Å²) in [6, 6.07) is 7.61. The third kappa shape index (κ3) is 5.56. The zero-order valence-corrected chi connectivity index (χ0v) is 17.1. The number of rotatable bonds is 7. The summed E-state index contributed by atoms with van der Waals surface area (Å²) in [4.78, 5) is 29.8. The molecule has 154 valence electrons. The maximum atomic E-state index is 13.0. The molecule has 0 radical (unpaired) electrons. The third-order valence-electron chi connectivity index (χ3n) is 5.39. The quantitative estimate of drug-likeness (QED) is 0.765. The molecule has 2 aromatic rings. The predicted octanol–water partition coefficient (Wildman–Crippen LogP) is 3.99. The minimum Gasteiger partial charge on any atom is -0.488 e. The van der Waals surface area contributed by atoms with E-state index in [9.17, 15) is 9.59 Å². The lowest BCUT2D eigenvalue weighted by Crippen LogP contribution is -2.40. The van der Waals surface area contributed by atoms with Crippen LogP contribution in [0.25, 0.3) is 0 Å². The summed E-state index contributed by atoms with van der Waals surface area (Å²) in [5.41, 5.74) is 3.51. The Morgan fingerprint density at radius 1 is 1.28 bits per heavy atom. The van der Waals surface area contributed by atoms with Crippen LogP contribution < -0.4 is 4.74 Å². The Balaban J connectivity index is 1.67. The highest BCUT2D eigenvalue weighted by atomic mass is 16.5. The van der Waals surface area contributed by atoms with E-state index in [0.29, 0.717) is 25.1 Å². The highest BCUT2D eigenvalue weighted by Crippen LogP contribution is 2.28. The first kappa shape index (κ1) is 20.8. The summed E-state index contributed by atoms with van der Waals surface area (Å²) in [7, 11) is 0. The average Bonchev–Trinajstić information content (AvgIpc) is 2.72. The van der Waals surface area contributed by atoms with E-state index >= 15 is 0 Å². The standard InChI is InChI=1S/C23H28N2O4/c1-16-11-20(12-17(2)22(16)29-15-19-5-3-9-24-13-19)23(28)25-10-4-6-18(14-25)7-8-21(26)27/h3,5,9,11-13,18H,4,6-8,10,14-15H2,1-2H3,(H,26,27). The number of piperidine rings is 1. The molecule has 2 heterocycles. The zero-order valence-electron chi connectivity index (χ0n) is 17.1. The lowest BCUT2D eigenvalue weighted by Gasteiger charge is -2.33. The first-order chi connectivity index (χ1) is 13.9. The fourth-order valence-corrected chi connectivity index (χ4v) is 3.94. The number of carboxylic acid groups (broad SMARTS) is 1. The van der Waals surface area contributed by atoms with E-state index in [2.05, 4.69) is 4.98 Å². The second-order valence-electron chi connectivity index (χ2n) is 7.78. The summed E-state index contributed by atoms with van der Waals surface area (Å²) in [6.07, 6.45) is 6.19. The van der Waals surface area contributed by atoms with E-state index in [4.69, 9.17) is 9.84 Å². The van der Waals surface area contributed by atoms with Crippen molar-refractivity contribution in [2.45, 2.75) is 46.1 Å². The maximum absolute atomic E-state index is 13.0. The van der Waals surface area contributed by atoms with Gasteiger partial charge in [0.15, 0.2) is 0 Å². The Labute approximate surface area is 171 Å². The van der Waals surface area contributed by atoms with Crippen LogP contribution in [0.1, 0.15) is 52.7 Å². The monoisotopic (exact) mass is 396 g/mol. The summed E-state index contributed by atoms with van der Waals surface area (Å²) < 4.78 is 5.98. The smallest absolute Gasteiger partial charge is 0.303 e. The summed E-state index contributed by atoms with van der Waals surface area (Å²) in [6.45, 7) is 5.69. The van der Waals surface area contributed by atoms with Crippen LogP contribution in [-0.4, -0.2) is 40.0 Å². The molecule has 1 unspecified atom stereocenters. The maximum Gasteiger partial charge on any atom is 0.303 e. The lowest BCUT2D eigenvalue weighted by atomic mass is 9.92. The molecule has 1 aliphatic heterocycles. The molecule has 1 aliphatic rings. The van der Waals surface area contributed by atoms with Crippen molar-refractivity contribution in [3.63, 3.8) is 0 Å². The van der Waals surface area contributed by atoms with Crippen LogP contribution >= 0.6 is 0 Å². The van der Waals surface area contributed by atoms with E-state index in [-0.39, 0.29) is 18.2 Å². The molecular weight excluding hydrogens is 368 g/mol. The molecule has 0 aliphatic carbocycles. The molecule has 6 heteroatoms. The molecule has 6 nitrogen and oxygen atoms in total. The van der Waals surface area contributed by atoms with Crippen LogP contribution in [0.3, 0.4) is 0 Å². The number of likely N-dealkylation sites (tertiary alicyclic amines) is 1. The van der Waals surface area contributed by atoms with Gasteiger partial charge in [-0.2, -0.15) is 0 Å². The lowest BCUT2D eigenvalue weighted by molar-refractivity contribution is -0.137. The van der Waals surface area contributed by atoms with Gasteiger partial charge >= 0.3 is 5.97 Å². The Hall–Kier alpha value is -2.89. The number of amides is 1. The molecule has 0 bridgehead atoms. The molecule has 1 aromatic carbocycles. The highest BCUT2D eigenvalue weighted by molar-refractivity contribution is 5.95. The number of hydrogen-bond acceptors (Lipinski definition) is 4. The van der Waals surface area contributed by atoms with E-state index in [1.165, 1.54) is 0 Å². The number of aromatic nitrogens is 1. The zero-order chi connectivity index (χ0) is 20.8. The van der Waals surface area contributed by atoms with Crippen molar-refractivity contribution in [2.24, 2.45) is 5.92 Å². The number of carbonyl (C=O) groups is 2. The molecule has 1 N–H and O–H groups in total.